The molecule has 5 nitrogen and oxygen atoms in total. The van der Waals surface area contributed by atoms with Crippen molar-refractivity contribution < 1.29 is 9.84 Å². The number of fused-ring (bicyclic) bond motifs is 1. The Morgan fingerprint density at radius 1 is 1.24 bits per heavy atom. The van der Waals surface area contributed by atoms with Gasteiger partial charge in [-0.1, -0.05) is 6.07 Å². The normalized spacial score (nSPS) is 10.7. The summed E-state index contributed by atoms with van der Waals surface area (Å²) in [5, 5.41) is 21.1. The number of H-pyrrole nitrogens is 1. The zero-order valence-corrected chi connectivity index (χ0v) is 11.8. The van der Waals surface area contributed by atoms with Crippen LogP contribution >= 0.6 is 0 Å². The van der Waals surface area contributed by atoms with E-state index in [0.717, 1.165) is 22.2 Å². The van der Waals surface area contributed by atoms with Gasteiger partial charge in [-0.2, -0.15) is 5.10 Å². The molecule has 5 heteroatoms. The van der Waals surface area contributed by atoms with E-state index < -0.39 is 0 Å². The third-order valence-electron chi connectivity index (χ3n) is 3.26. The van der Waals surface area contributed by atoms with Gasteiger partial charge in [-0.3, -0.25) is 5.10 Å². The zero-order valence-electron chi connectivity index (χ0n) is 11.8. The van der Waals surface area contributed by atoms with Crippen molar-refractivity contribution >= 4 is 16.6 Å². The Labute approximate surface area is 122 Å². The van der Waals surface area contributed by atoms with Gasteiger partial charge >= 0.3 is 0 Å². The van der Waals surface area contributed by atoms with Gasteiger partial charge in [0.25, 0.3) is 0 Å². The first-order valence-electron chi connectivity index (χ1n) is 6.88. The molecule has 0 aliphatic rings. The summed E-state index contributed by atoms with van der Waals surface area (Å²) in [6, 6.07) is 11.4. The molecule has 3 rings (SSSR count). The third kappa shape index (κ3) is 2.91. The monoisotopic (exact) mass is 283 g/mol. The number of phenolic OH excluding ortho intramolecular Hbond substituents is 1. The maximum atomic E-state index is 9.69. The minimum atomic E-state index is 0.166. The van der Waals surface area contributed by atoms with Crippen molar-refractivity contribution in [3.8, 4) is 11.5 Å². The van der Waals surface area contributed by atoms with Gasteiger partial charge in [0.2, 0.25) is 0 Å². The van der Waals surface area contributed by atoms with Crippen molar-refractivity contribution in [1.82, 2.24) is 10.2 Å². The highest BCUT2D eigenvalue weighted by Crippen LogP contribution is 2.27. The van der Waals surface area contributed by atoms with Crippen LogP contribution in [0.3, 0.4) is 0 Å². The van der Waals surface area contributed by atoms with Crippen LogP contribution in [0.2, 0.25) is 0 Å². The molecule has 0 radical (unpaired) electrons. The van der Waals surface area contributed by atoms with Crippen LogP contribution in [0, 0.1) is 0 Å². The van der Waals surface area contributed by atoms with Crippen LogP contribution in [0.4, 0.5) is 5.69 Å². The number of nitrogens with zero attached hydrogens (tertiary/aromatic N) is 1. The molecule has 1 heterocycles. The van der Waals surface area contributed by atoms with Gasteiger partial charge in [0.05, 0.1) is 18.3 Å². The molecule has 0 saturated carbocycles. The fraction of sp³-hybridized carbons (Fsp3) is 0.188. The Bertz CT molecular complexity index is 752. The van der Waals surface area contributed by atoms with Crippen LogP contribution in [0.15, 0.2) is 42.6 Å². The van der Waals surface area contributed by atoms with Crippen LogP contribution in [0.1, 0.15) is 12.5 Å². The molecule has 3 N–H and O–H groups in total. The summed E-state index contributed by atoms with van der Waals surface area (Å²) in [5.74, 6) is 0.681. The van der Waals surface area contributed by atoms with Gasteiger partial charge in [-0.25, -0.2) is 0 Å². The number of phenols is 1. The standard InChI is InChI=1S/C16H17N3O2/c1-2-21-16-7-11(3-6-15(16)20)9-17-13-5-4-12-10-18-19-14(12)8-13/h3-8,10,17,20H,2,9H2,1H3,(H,18,19). The zero-order chi connectivity index (χ0) is 14.7. The van der Waals surface area contributed by atoms with Gasteiger partial charge in [0.1, 0.15) is 0 Å². The van der Waals surface area contributed by atoms with Gasteiger partial charge in [-0.05, 0) is 42.8 Å². The van der Waals surface area contributed by atoms with E-state index in [9.17, 15) is 5.11 Å². The van der Waals surface area contributed by atoms with Crippen LogP contribution < -0.4 is 10.1 Å². The molecule has 0 spiro atoms. The van der Waals surface area contributed by atoms with Crippen LogP contribution in [-0.2, 0) is 6.54 Å². The van der Waals surface area contributed by atoms with Crippen LogP contribution in [-0.4, -0.2) is 21.9 Å². The molecule has 0 fully saturated rings. The van der Waals surface area contributed by atoms with Crippen molar-refractivity contribution in [3.05, 3.63) is 48.2 Å². The van der Waals surface area contributed by atoms with E-state index in [1.54, 1.807) is 12.3 Å². The summed E-state index contributed by atoms with van der Waals surface area (Å²) in [5.41, 5.74) is 3.06. The Hall–Kier alpha value is -2.69. The smallest absolute Gasteiger partial charge is 0.161 e. The highest BCUT2D eigenvalue weighted by atomic mass is 16.5. The number of ether oxygens (including phenoxy) is 1. The number of aromatic nitrogens is 2. The molecule has 0 saturated heterocycles. The van der Waals surface area contributed by atoms with Crippen molar-refractivity contribution in [1.29, 1.82) is 0 Å². The average Bonchev–Trinajstić information content (AvgIpc) is 2.96. The first kappa shape index (κ1) is 13.3. The maximum absolute atomic E-state index is 9.69. The first-order chi connectivity index (χ1) is 10.3. The molecule has 3 aromatic rings. The molecule has 0 bridgehead atoms. The average molecular weight is 283 g/mol. The summed E-state index contributed by atoms with van der Waals surface area (Å²) in [4.78, 5) is 0. The molecule has 0 aliphatic heterocycles. The Morgan fingerprint density at radius 2 is 2.14 bits per heavy atom. The fourth-order valence-corrected chi connectivity index (χ4v) is 2.19. The summed E-state index contributed by atoms with van der Waals surface area (Å²) < 4.78 is 5.39. The maximum Gasteiger partial charge on any atom is 0.161 e. The fourth-order valence-electron chi connectivity index (χ4n) is 2.19. The number of hydrogen-bond donors (Lipinski definition) is 3. The molecular formula is C16H17N3O2. The lowest BCUT2D eigenvalue weighted by molar-refractivity contribution is 0.318. The van der Waals surface area contributed by atoms with E-state index >= 15 is 0 Å². The lowest BCUT2D eigenvalue weighted by Crippen LogP contribution is -2.00. The van der Waals surface area contributed by atoms with Gasteiger partial charge in [-0.15, -0.1) is 0 Å². The van der Waals surface area contributed by atoms with E-state index in [2.05, 4.69) is 15.5 Å². The Kier molecular flexibility index (Phi) is 3.64. The van der Waals surface area contributed by atoms with Crippen molar-refractivity contribution in [3.63, 3.8) is 0 Å². The third-order valence-corrected chi connectivity index (χ3v) is 3.26. The van der Waals surface area contributed by atoms with Crippen molar-refractivity contribution in [2.75, 3.05) is 11.9 Å². The molecule has 108 valence electrons. The van der Waals surface area contributed by atoms with Crippen LogP contribution in [0.25, 0.3) is 10.9 Å². The number of rotatable bonds is 5. The van der Waals surface area contributed by atoms with Crippen molar-refractivity contribution in [2.24, 2.45) is 0 Å². The predicted octanol–water partition coefficient (Wildman–Crippen LogP) is 3.28. The first-order valence-corrected chi connectivity index (χ1v) is 6.88. The largest absolute Gasteiger partial charge is 0.504 e. The van der Waals surface area contributed by atoms with E-state index in [-0.39, 0.29) is 5.75 Å². The second kappa shape index (κ2) is 5.75. The predicted molar refractivity (Wildman–Crippen MR) is 82.7 cm³/mol. The second-order valence-electron chi connectivity index (χ2n) is 4.76. The van der Waals surface area contributed by atoms with E-state index in [1.807, 2.05) is 37.3 Å². The summed E-state index contributed by atoms with van der Waals surface area (Å²) in [6.07, 6.45) is 1.80. The van der Waals surface area contributed by atoms with Gasteiger partial charge in [0.15, 0.2) is 11.5 Å². The number of hydrogen-bond acceptors (Lipinski definition) is 4. The van der Waals surface area contributed by atoms with Gasteiger partial charge in [0, 0.05) is 17.6 Å². The molecule has 21 heavy (non-hydrogen) atoms. The number of aromatic amines is 1. The quantitative estimate of drug-likeness (QED) is 0.672. The molecule has 1 aromatic heterocycles. The van der Waals surface area contributed by atoms with E-state index in [0.29, 0.717) is 18.9 Å². The highest BCUT2D eigenvalue weighted by molar-refractivity contribution is 5.81. The molecule has 0 aliphatic carbocycles. The summed E-state index contributed by atoms with van der Waals surface area (Å²) in [6.45, 7) is 3.07. The number of benzene rings is 2. The minimum Gasteiger partial charge on any atom is -0.504 e. The topological polar surface area (TPSA) is 70.2 Å². The molecular weight excluding hydrogens is 266 g/mol. The number of nitrogens with one attached hydrogen (secondary N) is 2. The van der Waals surface area contributed by atoms with E-state index in [1.165, 1.54) is 0 Å². The molecule has 2 aromatic carbocycles. The highest BCUT2D eigenvalue weighted by Gasteiger charge is 2.04. The van der Waals surface area contributed by atoms with Gasteiger partial charge < -0.3 is 15.2 Å². The molecule has 0 unspecified atom stereocenters. The van der Waals surface area contributed by atoms with Crippen molar-refractivity contribution in [2.45, 2.75) is 13.5 Å². The molecule has 0 atom stereocenters. The molecule has 0 amide bonds. The Morgan fingerprint density at radius 3 is 3.00 bits per heavy atom. The Balaban J connectivity index is 1.73. The summed E-state index contributed by atoms with van der Waals surface area (Å²) in [7, 11) is 0. The lowest BCUT2D eigenvalue weighted by atomic mass is 10.2. The minimum absolute atomic E-state index is 0.166. The number of aromatic hydroxyl groups is 1. The second-order valence-corrected chi connectivity index (χ2v) is 4.76. The number of anilines is 1. The summed E-state index contributed by atoms with van der Waals surface area (Å²) >= 11 is 0. The lowest BCUT2D eigenvalue weighted by Gasteiger charge is -2.10. The van der Waals surface area contributed by atoms with Crippen LogP contribution in [0.5, 0.6) is 11.5 Å². The van der Waals surface area contributed by atoms with E-state index in [4.69, 9.17) is 4.74 Å². The SMILES string of the molecule is CCOc1cc(CNc2ccc3cn[nH]c3c2)ccc1O.